The molecule has 2 aromatic rings. The van der Waals surface area contributed by atoms with Gasteiger partial charge in [-0.15, -0.1) is 0 Å². The van der Waals surface area contributed by atoms with Gasteiger partial charge in [0.2, 0.25) is 0 Å². The first-order chi connectivity index (χ1) is 8.99. The lowest BCUT2D eigenvalue weighted by Gasteiger charge is -2.04. The summed E-state index contributed by atoms with van der Waals surface area (Å²) in [6.07, 6.45) is 1.61. The fraction of sp³-hybridized carbons (Fsp3) is 0.133. The number of hydrogen-bond acceptors (Lipinski definition) is 3. The highest BCUT2D eigenvalue weighted by Crippen LogP contribution is 2.19. The Hall–Kier alpha value is -1.94. The van der Waals surface area contributed by atoms with Gasteiger partial charge in [0.15, 0.2) is 5.78 Å². The van der Waals surface area contributed by atoms with Crippen molar-refractivity contribution in [3.05, 3.63) is 60.2 Å². The number of Topliss-reactive ketones (excluding diaryl/α,β-unsaturated/α-hetero) is 1. The monoisotopic (exact) mass is 273 g/mol. The molecule has 0 aliphatic rings. The average molecular weight is 273 g/mol. The highest BCUT2D eigenvalue weighted by molar-refractivity contribution is 7.93. The summed E-state index contributed by atoms with van der Waals surface area (Å²) in [5.74, 6) is 0.00633. The maximum Gasteiger partial charge on any atom is 0.159 e. The van der Waals surface area contributed by atoms with E-state index in [0.29, 0.717) is 16.1 Å². The summed E-state index contributed by atoms with van der Waals surface area (Å²) >= 11 is 0. The molecule has 3 nitrogen and oxygen atoms in total. The van der Waals surface area contributed by atoms with Crippen molar-refractivity contribution in [3.63, 3.8) is 0 Å². The van der Waals surface area contributed by atoms with E-state index in [-0.39, 0.29) is 5.78 Å². The molecule has 0 heterocycles. The molecule has 0 N–H and O–H groups in total. The lowest BCUT2D eigenvalue weighted by atomic mass is 10.1. The fourth-order valence-electron chi connectivity index (χ4n) is 1.68. The summed E-state index contributed by atoms with van der Waals surface area (Å²) in [4.78, 5) is 11.9. The van der Waals surface area contributed by atoms with E-state index in [2.05, 4.69) is 4.36 Å². The van der Waals surface area contributed by atoms with Crippen LogP contribution in [0.15, 0.2) is 63.9 Å². The van der Waals surface area contributed by atoms with Crippen LogP contribution in [-0.4, -0.2) is 16.2 Å². The van der Waals surface area contributed by atoms with E-state index in [1.165, 1.54) is 6.92 Å². The Morgan fingerprint density at radius 1 is 1.00 bits per heavy atom. The number of ketones is 1. The molecule has 0 aliphatic carbocycles. The quantitative estimate of drug-likeness (QED) is 0.801. The van der Waals surface area contributed by atoms with Crippen LogP contribution < -0.4 is 0 Å². The van der Waals surface area contributed by atoms with Crippen molar-refractivity contribution in [2.75, 3.05) is 6.26 Å². The summed E-state index contributed by atoms with van der Waals surface area (Å²) in [7, 11) is -2.46. The number of carbonyl (C=O) groups is 1. The third kappa shape index (κ3) is 3.29. The summed E-state index contributed by atoms with van der Waals surface area (Å²) in [6, 6.07) is 16.0. The van der Waals surface area contributed by atoms with Gasteiger partial charge in [0.05, 0.1) is 15.4 Å². The molecule has 98 valence electrons. The Balaban J connectivity index is 2.40. The first kappa shape index (κ1) is 13.5. The molecule has 0 saturated carbocycles. The highest BCUT2D eigenvalue weighted by Gasteiger charge is 2.05. The smallest absolute Gasteiger partial charge is 0.159 e. The van der Waals surface area contributed by atoms with Crippen LogP contribution >= 0.6 is 0 Å². The van der Waals surface area contributed by atoms with Crippen molar-refractivity contribution in [2.24, 2.45) is 4.36 Å². The third-order valence-corrected chi connectivity index (χ3v) is 4.44. The van der Waals surface area contributed by atoms with Gasteiger partial charge >= 0.3 is 0 Å². The van der Waals surface area contributed by atoms with Gasteiger partial charge < -0.3 is 0 Å². The van der Waals surface area contributed by atoms with Crippen molar-refractivity contribution in [3.8, 4) is 0 Å². The van der Waals surface area contributed by atoms with Crippen LogP contribution in [0.2, 0.25) is 0 Å². The second-order valence-corrected chi connectivity index (χ2v) is 6.57. The van der Waals surface area contributed by atoms with Crippen LogP contribution in [0.25, 0.3) is 0 Å². The van der Waals surface area contributed by atoms with Crippen molar-refractivity contribution in [2.45, 2.75) is 11.8 Å². The molecule has 1 atom stereocenters. The molecule has 0 spiro atoms. The van der Waals surface area contributed by atoms with Gasteiger partial charge in [-0.05, 0) is 43.3 Å². The molecule has 0 saturated heterocycles. The molecular weight excluding hydrogens is 258 g/mol. The van der Waals surface area contributed by atoms with Crippen LogP contribution in [0.1, 0.15) is 17.3 Å². The molecule has 0 aliphatic heterocycles. The predicted octanol–water partition coefficient (Wildman–Crippen LogP) is 3.68. The minimum absolute atomic E-state index is 0.00633. The van der Waals surface area contributed by atoms with Crippen molar-refractivity contribution >= 4 is 21.2 Å². The molecule has 19 heavy (non-hydrogen) atoms. The number of benzene rings is 2. The summed E-state index contributed by atoms with van der Waals surface area (Å²) in [6.45, 7) is 1.51. The standard InChI is InChI=1S/C15H15NO2S/c1-12(17)13-8-10-14(11-9-13)16-19(2,18)15-6-4-3-5-7-15/h3-11H,1-2H3. The highest BCUT2D eigenvalue weighted by atomic mass is 32.2. The van der Waals surface area contributed by atoms with Crippen molar-refractivity contribution in [1.82, 2.24) is 0 Å². The van der Waals surface area contributed by atoms with E-state index in [1.54, 1.807) is 42.7 Å². The molecule has 0 aromatic heterocycles. The van der Waals surface area contributed by atoms with Crippen LogP contribution in [0.3, 0.4) is 0 Å². The topological polar surface area (TPSA) is 46.5 Å². The Morgan fingerprint density at radius 2 is 1.58 bits per heavy atom. The number of hydrogen-bond donors (Lipinski definition) is 0. The van der Waals surface area contributed by atoms with E-state index in [0.717, 1.165) is 0 Å². The van der Waals surface area contributed by atoms with Gasteiger partial charge in [-0.25, -0.2) is 4.21 Å². The third-order valence-electron chi connectivity index (χ3n) is 2.73. The van der Waals surface area contributed by atoms with Gasteiger partial charge in [-0.3, -0.25) is 4.79 Å². The Labute approximate surface area is 113 Å². The maximum atomic E-state index is 12.5. The Kier molecular flexibility index (Phi) is 3.81. The zero-order chi connectivity index (χ0) is 13.9. The number of nitrogens with zero attached hydrogens (tertiary/aromatic N) is 1. The zero-order valence-electron chi connectivity index (χ0n) is 10.9. The Bertz CT molecular complexity index is 697. The van der Waals surface area contributed by atoms with Crippen molar-refractivity contribution in [1.29, 1.82) is 0 Å². The van der Waals surface area contributed by atoms with Crippen molar-refractivity contribution < 1.29 is 9.00 Å². The van der Waals surface area contributed by atoms with Crippen LogP contribution in [0.5, 0.6) is 0 Å². The summed E-state index contributed by atoms with van der Waals surface area (Å²) in [5, 5.41) is 0. The molecule has 0 bridgehead atoms. The largest absolute Gasteiger partial charge is 0.295 e. The van der Waals surface area contributed by atoms with E-state index in [4.69, 9.17) is 0 Å². The fourth-order valence-corrected chi connectivity index (χ4v) is 2.98. The average Bonchev–Trinajstić information content (AvgIpc) is 2.40. The van der Waals surface area contributed by atoms with E-state index in [1.807, 2.05) is 18.2 Å². The van der Waals surface area contributed by atoms with Gasteiger partial charge in [0, 0.05) is 16.7 Å². The van der Waals surface area contributed by atoms with Crippen LogP contribution in [0, 0.1) is 0 Å². The van der Waals surface area contributed by atoms with Crippen LogP contribution in [-0.2, 0) is 9.73 Å². The van der Waals surface area contributed by atoms with Gasteiger partial charge in [0.25, 0.3) is 0 Å². The SMILES string of the molecule is CC(=O)c1ccc(N=S(C)(=O)c2ccccc2)cc1. The first-order valence-corrected chi connectivity index (χ1v) is 7.79. The normalized spacial score (nSPS) is 13.6. The molecule has 1 unspecified atom stereocenters. The molecule has 4 heteroatoms. The predicted molar refractivity (Wildman–Crippen MR) is 77.3 cm³/mol. The molecule has 2 aromatic carbocycles. The summed E-state index contributed by atoms with van der Waals surface area (Å²) in [5.41, 5.74) is 1.24. The number of rotatable bonds is 3. The first-order valence-electron chi connectivity index (χ1n) is 5.87. The van der Waals surface area contributed by atoms with Gasteiger partial charge in [-0.1, -0.05) is 18.2 Å². The second-order valence-electron chi connectivity index (χ2n) is 4.31. The molecule has 0 radical (unpaired) electrons. The minimum atomic E-state index is -2.46. The molecule has 0 amide bonds. The Morgan fingerprint density at radius 3 is 2.11 bits per heavy atom. The zero-order valence-corrected chi connectivity index (χ0v) is 11.7. The molecule has 2 rings (SSSR count). The van der Waals surface area contributed by atoms with Crippen LogP contribution in [0.4, 0.5) is 5.69 Å². The van der Waals surface area contributed by atoms with E-state index in [9.17, 15) is 9.00 Å². The minimum Gasteiger partial charge on any atom is -0.295 e. The maximum absolute atomic E-state index is 12.5. The van der Waals surface area contributed by atoms with Gasteiger partial charge in [0.1, 0.15) is 0 Å². The van der Waals surface area contributed by atoms with E-state index < -0.39 is 9.73 Å². The van der Waals surface area contributed by atoms with E-state index >= 15 is 0 Å². The lowest BCUT2D eigenvalue weighted by Crippen LogP contribution is -1.96. The van der Waals surface area contributed by atoms with Gasteiger partial charge in [-0.2, -0.15) is 4.36 Å². The molecule has 0 fully saturated rings. The molecular formula is C15H15NO2S. The number of carbonyl (C=O) groups excluding carboxylic acids is 1. The summed E-state index contributed by atoms with van der Waals surface area (Å²) < 4.78 is 16.8. The lowest BCUT2D eigenvalue weighted by molar-refractivity contribution is 0.101. The second kappa shape index (κ2) is 5.36.